The number of rotatable bonds is 3. The average molecular weight is 310 g/mol. The molecule has 0 atom stereocenters. The number of aromatic nitrogens is 5. The summed E-state index contributed by atoms with van der Waals surface area (Å²) in [6.45, 7) is 1.60. The Morgan fingerprint density at radius 1 is 1.22 bits per heavy atom. The van der Waals surface area contributed by atoms with Crippen LogP contribution >= 0.6 is 0 Å². The number of fused-ring (bicyclic) bond motifs is 1. The third-order valence-electron chi connectivity index (χ3n) is 4.16. The predicted molar refractivity (Wildman–Crippen MR) is 87.2 cm³/mol. The van der Waals surface area contributed by atoms with Crippen molar-refractivity contribution in [1.82, 2.24) is 24.7 Å². The second kappa shape index (κ2) is 5.92. The van der Waals surface area contributed by atoms with Crippen molar-refractivity contribution in [3.8, 4) is 11.3 Å². The number of hydrogen-bond acceptors (Lipinski definition) is 6. The van der Waals surface area contributed by atoms with Gasteiger partial charge in [-0.25, -0.2) is 9.97 Å². The molecule has 0 unspecified atom stereocenters. The molecule has 4 rings (SSSR count). The highest BCUT2D eigenvalue weighted by Gasteiger charge is 2.17. The van der Waals surface area contributed by atoms with Crippen LogP contribution in [0.25, 0.3) is 22.3 Å². The van der Waals surface area contributed by atoms with Gasteiger partial charge in [-0.15, -0.1) is 0 Å². The molecule has 0 aromatic carbocycles. The molecule has 3 aromatic heterocycles. The fourth-order valence-corrected chi connectivity index (χ4v) is 2.91. The zero-order chi connectivity index (χ0) is 15.6. The highest BCUT2D eigenvalue weighted by molar-refractivity contribution is 5.88. The summed E-state index contributed by atoms with van der Waals surface area (Å²) >= 11 is 0. The lowest BCUT2D eigenvalue weighted by atomic mass is 10.1. The summed E-state index contributed by atoms with van der Waals surface area (Å²) in [6, 6.07) is 2.36. The normalized spacial score (nSPS) is 15.9. The van der Waals surface area contributed by atoms with E-state index in [0.717, 1.165) is 54.2 Å². The van der Waals surface area contributed by atoms with E-state index in [-0.39, 0.29) is 0 Å². The van der Waals surface area contributed by atoms with E-state index in [9.17, 15) is 0 Å². The van der Waals surface area contributed by atoms with Gasteiger partial charge in [0.05, 0.1) is 23.4 Å². The first-order valence-corrected chi connectivity index (χ1v) is 7.77. The largest absolute Gasteiger partial charge is 0.381 e. The van der Waals surface area contributed by atoms with Gasteiger partial charge in [0.25, 0.3) is 0 Å². The summed E-state index contributed by atoms with van der Waals surface area (Å²) in [7, 11) is 1.84. The van der Waals surface area contributed by atoms with E-state index in [1.54, 1.807) is 12.4 Å². The molecule has 1 saturated heterocycles. The SMILES string of the molecule is CNc1nc(-c2cnn(C3CCOCC3)c2)cc2nccnc12. The minimum Gasteiger partial charge on any atom is -0.381 e. The Bertz CT molecular complexity index is 824. The first kappa shape index (κ1) is 14.1. The number of hydrogen-bond donors (Lipinski definition) is 1. The molecular formula is C16H18N6O. The van der Waals surface area contributed by atoms with E-state index < -0.39 is 0 Å². The number of ether oxygens (including phenoxy) is 1. The van der Waals surface area contributed by atoms with Crippen LogP contribution < -0.4 is 5.32 Å². The van der Waals surface area contributed by atoms with Gasteiger partial charge in [-0.1, -0.05) is 0 Å². The van der Waals surface area contributed by atoms with Crippen LogP contribution in [0.15, 0.2) is 30.9 Å². The minimum atomic E-state index is 0.404. The molecular weight excluding hydrogens is 292 g/mol. The Hall–Kier alpha value is -2.54. The Kier molecular flexibility index (Phi) is 3.63. The van der Waals surface area contributed by atoms with E-state index in [2.05, 4.69) is 31.6 Å². The molecule has 0 bridgehead atoms. The van der Waals surface area contributed by atoms with Gasteiger partial charge in [0, 0.05) is 44.4 Å². The quantitative estimate of drug-likeness (QED) is 0.799. The van der Waals surface area contributed by atoms with Crippen molar-refractivity contribution in [2.45, 2.75) is 18.9 Å². The summed E-state index contributed by atoms with van der Waals surface area (Å²) < 4.78 is 7.44. The molecule has 0 amide bonds. The van der Waals surface area contributed by atoms with Crippen LogP contribution in [0, 0.1) is 0 Å². The maximum atomic E-state index is 5.41. The topological polar surface area (TPSA) is 77.8 Å². The van der Waals surface area contributed by atoms with Gasteiger partial charge >= 0.3 is 0 Å². The zero-order valence-corrected chi connectivity index (χ0v) is 12.9. The molecule has 3 aromatic rings. The lowest BCUT2D eigenvalue weighted by Crippen LogP contribution is -2.19. The Morgan fingerprint density at radius 3 is 2.87 bits per heavy atom. The van der Waals surface area contributed by atoms with Crippen molar-refractivity contribution in [2.75, 3.05) is 25.6 Å². The molecule has 1 fully saturated rings. The lowest BCUT2D eigenvalue weighted by molar-refractivity contribution is 0.0662. The van der Waals surface area contributed by atoms with Gasteiger partial charge in [0.1, 0.15) is 5.52 Å². The van der Waals surface area contributed by atoms with Gasteiger partial charge < -0.3 is 10.1 Å². The van der Waals surface area contributed by atoms with Crippen molar-refractivity contribution < 1.29 is 4.74 Å². The van der Waals surface area contributed by atoms with Gasteiger partial charge in [-0.05, 0) is 18.9 Å². The number of anilines is 1. The van der Waals surface area contributed by atoms with Crippen molar-refractivity contribution in [1.29, 1.82) is 0 Å². The van der Waals surface area contributed by atoms with Crippen molar-refractivity contribution >= 4 is 16.9 Å². The minimum absolute atomic E-state index is 0.404. The third kappa shape index (κ3) is 2.63. The van der Waals surface area contributed by atoms with Gasteiger partial charge in [0.2, 0.25) is 0 Å². The van der Waals surface area contributed by atoms with Crippen LogP contribution in [0.4, 0.5) is 5.82 Å². The Labute approximate surface area is 133 Å². The van der Waals surface area contributed by atoms with E-state index in [1.807, 2.05) is 24.0 Å². The first-order chi connectivity index (χ1) is 11.3. The van der Waals surface area contributed by atoms with Crippen LogP contribution in [0.2, 0.25) is 0 Å². The van der Waals surface area contributed by atoms with Crippen LogP contribution in [0.3, 0.4) is 0 Å². The molecule has 0 saturated carbocycles. The summed E-state index contributed by atoms with van der Waals surface area (Å²) in [4.78, 5) is 13.4. The number of nitrogens with zero attached hydrogens (tertiary/aromatic N) is 5. The summed E-state index contributed by atoms with van der Waals surface area (Å²) in [5.74, 6) is 0.726. The fourth-order valence-electron chi connectivity index (χ4n) is 2.91. The molecule has 23 heavy (non-hydrogen) atoms. The van der Waals surface area contributed by atoms with E-state index in [1.165, 1.54) is 0 Å². The number of nitrogens with one attached hydrogen (secondary N) is 1. The first-order valence-electron chi connectivity index (χ1n) is 7.77. The van der Waals surface area contributed by atoms with Gasteiger partial charge in [-0.3, -0.25) is 9.67 Å². The maximum Gasteiger partial charge on any atom is 0.154 e. The molecule has 1 aliphatic rings. The second-order valence-corrected chi connectivity index (χ2v) is 5.58. The van der Waals surface area contributed by atoms with E-state index >= 15 is 0 Å². The fraction of sp³-hybridized carbons (Fsp3) is 0.375. The summed E-state index contributed by atoms with van der Waals surface area (Å²) in [5, 5.41) is 7.61. The smallest absolute Gasteiger partial charge is 0.154 e. The Balaban J connectivity index is 1.72. The van der Waals surface area contributed by atoms with Crippen LogP contribution in [-0.4, -0.2) is 45.0 Å². The molecule has 7 heteroatoms. The molecule has 1 N–H and O–H groups in total. The van der Waals surface area contributed by atoms with Gasteiger partial charge in [-0.2, -0.15) is 5.10 Å². The molecule has 4 heterocycles. The standard InChI is InChI=1S/C16H18N6O/c1-17-16-15-14(18-4-5-19-15)8-13(21-16)11-9-20-22(10-11)12-2-6-23-7-3-12/h4-5,8-10,12H,2-3,6-7H2,1H3,(H,17,21). The van der Waals surface area contributed by atoms with Crippen molar-refractivity contribution in [3.05, 3.63) is 30.9 Å². The molecule has 7 nitrogen and oxygen atoms in total. The van der Waals surface area contributed by atoms with Crippen LogP contribution in [-0.2, 0) is 4.74 Å². The maximum absolute atomic E-state index is 5.41. The highest BCUT2D eigenvalue weighted by Crippen LogP contribution is 2.27. The molecule has 1 aliphatic heterocycles. The van der Waals surface area contributed by atoms with E-state index in [0.29, 0.717) is 6.04 Å². The van der Waals surface area contributed by atoms with Crippen molar-refractivity contribution in [2.24, 2.45) is 0 Å². The van der Waals surface area contributed by atoms with Crippen molar-refractivity contribution in [3.63, 3.8) is 0 Å². The zero-order valence-electron chi connectivity index (χ0n) is 12.9. The van der Waals surface area contributed by atoms with Gasteiger partial charge in [0.15, 0.2) is 5.82 Å². The molecule has 0 radical (unpaired) electrons. The lowest BCUT2D eigenvalue weighted by Gasteiger charge is -2.22. The summed E-state index contributed by atoms with van der Waals surface area (Å²) in [6.07, 6.45) is 9.28. The molecule has 0 spiro atoms. The molecule has 118 valence electrons. The third-order valence-corrected chi connectivity index (χ3v) is 4.16. The monoisotopic (exact) mass is 310 g/mol. The second-order valence-electron chi connectivity index (χ2n) is 5.58. The predicted octanol–water partition coefficient (Wildman–Crippen LogP) is 2.28. The number of pyridine rings is 1. The Morgan fingerprint density at radius 2 is 2.04 bits per heavy atom. The average Bonchev–Trinajstić information content (AvgIpc) is 3.11. The van der Waals surface area contributed by atoms with Crippen LogP contribution in [0.5, 0.6) is 0 Å². The molecule has 0 aliphatic carbocycles. The summed E-state index contributed by atoms with van der Waals surface area (Å²) in [5.41, 5.74) is 3.43. The highest BCUT2D eigenvalue weighted by atomic mass is 16.5. The van der Waals surface area contributed by atoms with E-state index in [4.69, 9.17) is 4.74 Å². The van der Waals surface area contributed by atoms with Crippen LogP contribution in [0.1, 0.15) is 18.9 Å².